The fraction of sp³-hybridized carbons (Fsp3) is 0.909. The molecule has 0 aromatic carbocycles. The lowest BCUT2D eigenvalue weighted by molar-refractivity contribution is -0.489. The van der Waals surface area contributed by atoms with E-state index in [4.69, 9.17) is 80.8 Å². The minimum absolute atomic E-state index is 0.0146. The van der Waals surface area contributed by atoms with Gasteiger partial charge >= 0.3 is 0 Å². The number of hydrogen-bond donors (Lipinski definition) is 2. The molecule has 3 saturated carbocycles. The Kier molecular flexibility index (Phi) is 16.8. The van der Waals surface area contributed by atoms with Gasteiger partial charge in [-0.1, -0.05) is 25.5 Å². The van der Waals surface area contributed by atoms with Crippen molar-refractivity contribution >= 4 is 5.78 Å². The fourth-order valence-electron chi connectivity index (χ4n) is 15.2. The first-order valence-corrected chi connectivity index (χ1v) is 27.8. The van der Waals surface area contributed by atoms with Gasteiger partial charge in [0.25, 0.3) is 12.3 Å². The Bertz CT molecular complexity index is 2060. The average molecular weight is 1070 g/mol. The molecule has 20 heteroatoms. The lowest BCUT2D eigenvalue weighted by atomic mass is 9.46. The van der Waals surface area contributed by atoms with E-state index in [-0.39, 0.29) is 42.5 Å². The Labute approximate surface area is 442 Å². The summed E-state index contributed by atoms with van der Waals surface area (Å²) in [5.74, 6) is -0.159. The normalized spacial score (nSPS) is 51.6. The molecule has 0 amide bonds. The number of carbonyl (C=O) groups excluding carboxylic acids is 1. The Balaban J connectivity index is 0.728. The van der Waals surface area contributed by atoms with Gasteiger partial charge < -0.3 is 76.5 Å². The van der Waals surface area contributed by atoms with E-state index in [0.29, 0.717) is 42.8 Å². The first-order chi connectivity index (χ1) is 35.7. The van der Waals surface area contributed by atoms with Crippen LogP contribution in [0.1, 0.15) is 126 Å². The molecule has 20 nitrogen and oxygen atoms in total. The maximum Gasteiger partial charge on any atom is 0.274 e. The third-order valence-electron chi connectivity index (χ3n) is 19.6. The Morgan fingerprint density at radius 3 is 2.17 bits per heavy atom. The number of methoxy groups -OCH3 is 4. The molecule has 26 atom stereocenters. The molecule has 6 heterocycles. The maximum atomic E-state index is 13.0. The third kappa shape index (κ3) is 10.5. The topological polar surface area (TPSA) is 214 Å². The summed E-state index contributed by atoms with van der Waals surface area (Å²) in [7, 11) is 6.31. The molecule has 426 valence electrons. The van der Waals surface area contributed by atoms with E-state index in [2.05, 4.69) is 19.9 Å². The van der Waals surface area contributed by atoms with Gasteiger partial charge in [-0.05, 0) is 122 Å². The van der Waals surface area contributed by atoms with E-state index in [1.54, 1.807) is 34.3 Å². The van der Waals surface area contributed by atoms with Crippen molar-refractivity contribution in [1.29, 1.82) is 0 Å². The van der Waals surface area contributed by atoms with Crippen molar-refractivity contribution in [1.82, 2.24) is 0 Å². The van der Waals surface area contributed by atoms with E-state index in [1.165, 1.54) is 12.7 Å². The average Bonchev–Trinajstić information content (AvgIpc) is 3.54. The van der Waals surface area contributed by atoms with Gasteiger partial charge in [0.1, 0.15) is 24.9 Å². The predicted octanol–water partition coefficient (Wildman–Crippen LogP) is 5.66. The number of carbonyl (C=O) groups is 1. The first kappa shape index (κ1) is 56.5. The van der Waals surface area contributed by atoms with E-state index in [9.17, 15) is 15.0 Å². The maximum absolute atomic E-state index is 13.0. The molecule has 0 bridgehead atoms. The lowest BCUT2D eigenvalue weighted by Crippen LogP contribution is -2.60. The van der Waals surface area contributed by atoms with E-state index in [1.807, 2.05) is 34.6 Å². The standard InChI is InChI=1S/C55H86O20/c1-27-21-38(59-9)45(57)49(64-27)69-34-15-18-52(7)33(22-34)13-14-35-36(52)16-19-53(8)37(35)17-20-55(53,58)32(6)68-51-67-30(4)48-50(72-51)63-26-54(75-74-48)25-41(62-12)47(31(5)73-54)71-43-24-40(61-11)46(29(3)66-43)70-42-23-39(60-10)44(56)28(2)65-42/h13,21,27-32,34-37,39-44,46-51,56,58H,14-20,22-26H2,1-12H3. The van der Waals surface area contributed by atoms with Crippen molar-refractivity contribution in [3.63, 3.8) is 0 Å². The molecule has 8 fully saturated rings. The SMILES string of the molecule is COC1=CC(C)OC(OC2CCC3(C)C(=CCC4C3CCC3(C)C4CCC3(O)C(C)OC3OC(C)C4OOC5(COC4O3)CC(OC)C(OC3CC(OC)C(OC4CC(OC)C(O)C(C)O4)C(C)O3)C(C)O5)C2)C1=O. The van der Waals surface area contributed by atoms with Crippen molar-refractivity contribution in [3.05, 3.63) is 23.5 Å². The molecule has 75 heavy (non-hydrogen) atoms. The van der Waals surface area contributed by atoms with Crippen LogP contribution in [0.3, 0.4) is 0 Å². The molecule has 0 aromatic rings. The van der Waals surface area contributed by atoms with Gasteiger partial charge in [0.15, 0.2) is 30.7 Å². The number of Topliss-reactive ketones (excluding diaryl/α,β-unsaturated/α-hetero) is 1. The van der Waals surface area contributed by atoms with Crippen molar-refractivity contribution in [2.75, 3.05) is 35.0 Å². The molecule has 10 aliphatic rings. The number of hydrogen-bond acceptors (Lipinski definition) is 20. The van der Waals surface area contributed by atoms with Crippen LogP contribution in [0.25, 0.3) is 0 Å². The zero-order valence-corrected chi connectivity index (χ0v) is 46.1. The van der Waals surface area contributed by atoms with Crippen molar-refractivity contribution < 1.29 is 95.8 Å². The van der Waals surface area contributed by atoms with E-state index >= 15 is 0 Å². The number of allylic oxidation sites excluding steroid dienone is 1. The second-order valence-electron chi connectivity index (χ2n) is 23.8. The fourth-order valence-corrected chi connectivity index (χ4v) is 15.2. The molecule has 1 spiro atoms. The number of rotatable bonds is 13. The highest BCUT2D eigenvalue weighted by Gasteiger charge is 2.66. The summed E-state index contributed by atoms with van der Waals surface area (Å²) >= 11 is 0. The first-order valence-electron chi connectivity index (χ1n) is 27.8. The molecule has 2 N–H and O–H groups in total. The molecule has 26 unspecified atom stereocenters. The van der Waals surface area contributed by atoms with Gasteiger partial charge in [0.05, 0.1) is 73.8 Å². The summed E-state index contributed by atoms with van der Waals surface area (Å²) in [6, 6.07) is 0. The number of ether oxygens (including phenoxy) is 15. The minimum atomic E-state index is -1.38. The molecule has 6 aliphatic heterocycles. The molecular weight excluding hydrogens is 981 g/mol. The van der Waals surface area contributed by atoms with Gasteiger partial charge in [-0.25, -0.2) is 4.89 Å². The van der Waals surface area contributed by atoms with Crippen LogP contribution in [0.4, 0.5) is 0 Å². The molecule has 10 rings (SSSR count). The zero-order chi connectivity index (χ0) is 53.4. The van der Waals surface area contributed by atoms with Crippen LogP contribution in [-0.4, -0.2) is 180 Å². The Morgan fingerprint density at radius 1 is 0.760 bits per heavy atom. The van der Waals surface area contributed by atoms with Crippen LogP contribution in [-0.2, 0) is 85.6 Å². The van der Waals surface area contributed by atoms with Crippen LogP contribution in [0.15, 0.2) is 23.5 Å². The number of fused-ring (bicyclic) bond motifs is 6. The van der Waals surface area contributed by atoms with Gasteiger partial charge in [-0.3, -0.25) is 9.53 Å². The van der Waals surface area contributed by atoms with E-state index < -0.39 is 116 Å². The minimum Gasteiger partial charge on any atom is -0.493 e. The van der Waals surface area contributed by atoms with Gasteiger partial charge in [-0.15, -0.1) is 0 Å². The molecular formula is C55H86O20. The summed E-state index contributed by atoms with van der Waals surface area (Å²) < 4.78 is 92.7. The highest BCUT2D eigenvalue weighted by molar-refractivity contribution is 5.96. The van der Waals surface area contributed by atoms with Crippen LogP contribution >= 0.6 is 0 Å². The zero-order valence-electron chi connectivity index (χ0n) is 46.1. The van der Waals surface area contributed by atoms with Gasteiger partial charge in [-0.2, -0.15) is 4.89 Å². The molecule has 4 aliphatic carbocycles. The number of aliphatic hydroxyl groups excluding tert-OH is 1. The van der Waals surface area contributed by atoms with Gasteiger partial charge in [0, 0.05) is 46.0 Å². The Hall–Kier alpha value is -1.77. The van der Waals surface area contributed by atoms with Crippen LogP contribution in [0, 0.1) is 28.6 Å². The lowest BCUT2D eigenvalue weighted by Gasteiger charge is -2.59. The predicted molar refractivity (Wildman–Crippen MR) is 262 cm³/mol. The highest BCUT2D eigenvalue weighted by Crippen LogP contribution is 2.68. The van der Waals surface area contributed by atoms with E-state index in [0.717, 1.165) is 44.9 Å². The summed E-state index contributed by atoms with van der Waals surface area (Å²) in [5, 5.41) is 23.3. The van der Waals surface area contributed by atoms with Crippen molar-refractivity contribution in [3.8, 4) is 0 Å². The Morgan fingerprint density at radius 2 is 1.45 bits per heavy atom. The summed E-state index contributed by atoms with van der Waals surface area (Å²) in [6.07, 6.45) is 1.77. The molecule has 5 saturated heterocycles. The third-order valence-corrected chi connectivity index (χ3v) is 19.6. The highest BCUT2D eigenvalue weighted by atomic mass is 17.2. The summed E-state index contributed by atoms with van der Waals surface area (Å²) in [6.45, 7) is 14.7. The largest absolute Gasteiger partial charge is 0.493 e. The van der Waals surface area contributed by atoms with Gasteiger partial charge in [0.2, 0.25) is 12.1 Å². The summed E-state index contributed by atoms with van der Waals surface area (Å²) in [5.41, 5.74) is -0.103. The monoisotopic (exact) mass is 1070 g/mol. The van der Waals surface area contributed by atoms with Crippen LogP contribution in [0.2, 0.25) is 0 Å². The van der Waals surface area contributed by atoms with Crippen LogP contribution in [0.5, 0.6) is 0 Å². The summed E-state index contributed by atoms with van der Waals surface area (Å²) in [4.78, 5) is 25.2. The molecule has 0 aromatic heterocycles. The van der Waals surface area contributed by atoms with Crippen LogP contribution < -0.4 is 0 Å². The number of aliphatic hydroxyl groups is 2. The second-order valence-corrected chi connectivity index (χ2v) is 23.8. The van der Waals surface area contributed by atoms with Crippen molar-refractivity contribution in [2.24, 2.45) is 28.6 Å². The van der Waals surface area contributed by atoms with Crippen molar-refractivity contribution in [2.45, 2.75) is 254 Å². The smallest absolute Gasteiger partial charge is 0.274 e. The molecule has 0 radical (unpaired) electrons. The second kappa shape index (κ2) is 22.3. The number of ketones is 1. The quantitative estimate of drug-likeness (QED) is 0.168.